The Balaban J connectivity index is 1.81. The summed E-state index contributed by atoms with van der Waals surface area (Å²) < 4.78 is 0. The molecule has 2 atom stereocenters. The normalized spacial score (nSPS) is 30.3. The number of hydrogen-bond donors (Lipinski definition) is 1. The topological polar surface area (TPSA) is 15.3 Å². The van der Waals surface area contributed by atoms with Gasteiger partial charge >= 0.3 is 0 Å². The third-order valence-corrected chi connectivity index (χ3v) is 4.16. The first kappa shape index (κ1) is 12.1. The van der Waals surface area contributed by atoms with E-state index in [1.165, 1.54) is 44.2 Å². The summed E-state index contributed by atoms with van der Waals surface area (Å²) in [5, 5.41) is 3.37. The van der Waals surface area contributed by atoms with Crippen LogP contribution in [-0.4, -0.2) is 37.1 Å². The van der Waals surface area contributed by atoms with Crippen molar-refractivity contribution in [1.29, 1.82) is 0 Å². The van der Waals surface area contributed by atoms with Crippen LogP contribution in [0.2, 0.25) is 0 Å². The van der Waals surface area contributed by atoms with E-state index in [1.807, 2.05) is 0 Å². The van der Waals surface area contributed by atoms with E-state index in [0.29, 0.717) is 0 Å². The first-order valence-electron chi connectivity index (χ1n) is 6.92. The fourth-order valence-corrected chi connectivity index (χ4v) is 3.40. The van der Waals surface area contributed by atoms with Crippen LogP contribution in [0.1, 0.15) is 39.0 Å². The van der Waals surface area contributed by atoms with Crippen LogP contribution in [0.25, 0.3) is 0 Å². The van der Waals surface area contributed by atoms with Gasteiger partial charge in [0.25, 0.3) is 0 Å². The van der Waals surface area contributed by atoms with Crippen molar-refractivity contribution in [2.75, 3.05) is 26.2 Å². The molecular formula is C14H26N2. The molecule has 2 fully saturated rings. The fourth-order valence-electron chi connectivity index (χ4n) is 3.40. The number of likely N-dealkylation sites (N-methyl/N-ethyl adjacent to an activating group) is 1. The van der Waals surface area contributed by atoms with Gasteiger partial charge in [0, 0.05) is 19.1 Å². The molecule has 2 unspecified atom stereocenters. The number of likely N-dealkylation sites (tertiary alicyclic amines) is 1. The summed E-state index contributed by atoms with van der Waals surface area (Å²) in [5.74, 6) is 1.00. The SMILES string of the molecule is C=C(CNCC)CN1CCCC2CCCC21. The lowest BCUT2D eigenvalue weighted by atomic mass is 9.91. The third kappa shape index (κ3) is 2.86. The second kappa shape index (κ2) is 5.83. The molecule has 2 nitrogen and oxygen atoms in total. The summed E-state index contributed by atoms with van der Waals surface area (Å²) in [6.45, 7) is 10.8. The van der Waals surface area contributed by atoms with Crippen LogP contribution < -0.4 is 5.32 Å². The second-order valence-electron chi connectivity index (χ2n) is 5.40. The van der Waals surface area contributed by atoms with Crippen molar-refractivity contribution >= 4 is 0 Å². The molecule has 1 aliphatic heterocycles. The van der Waals surface area contributed by atoms with Gasteiger partial charge in [-0.2, -0.15) is 0 Å². The highest BCUT2D eigenvalue weighted by Gasteiger charge is 2.34. The van der Waals surface area contributed by atoms with Crippen molar-refractivity contribution in [3.63, 3.8) is 0 Å². The molecule has 1 N–H and O–H groups in total. The Hall–Kier alpha value is -0.340. The Morgan fingerprint density at radius 3 is 2.94 bits per heavy atom. The van der Waals surface area contributed by atoms with E-state index in [2.05, 4.69) is 23.7 Å². The Bertz CT molecular complexity index is 237. The van der Waals surface area contributed by atoms with E-state index in [1.54, 1.807) is 0 Å². The van der Waals surface area contributed by atoms with Crippen LogP contribution in [-0.2, 0) is 0 Å². The lowest BCUT2D eigenvalue weighted by molar-refractivity contribution is 0.124. The predicted octanol–water partition coefficient (Wildman–Crippen LogP) is 2.42. The maximum absolute atomic E-state index is 4.20. The zero-order chi connectivity index (χ0) is 11.4. The average Bonchev–Trinajstić information content (AvgIpc) is 2.75. The van der Waals surface area contributed by atoms with Gasteiger partial charge in [-0.3, -0.25) is 4.90 Å². The molecule has 1 saturated carbocycles. The molecule has 0 aromatic carbocycles. The van der Waals surface area contributed by atoms with E-state index >= 15 is 0 Å². The van der Waals surface area contributed by atoms with E-state index in [4.69, 9.17) is 0 Å². The van der Waals surface area contributed by atoms with E-state index in [9.17, 15) is 0 Å². The standard InChI is InChI=1S/C14H26N2/c1-3-15-10-12(2)11-16-9-5-7-13-6-4-8-14(13)16/h13-15H,2-11H2,1H3. The number of nitrogens with one attached hydrogen (secondary N) is 1. The third-order valence-electron chi connectivity index (χ3n) is 4.16. The van der Waals surface area contributed by atoms with Crippen molar-refractivity contribution in [3.05, 3.63) is 12.2 Å². The minimum Gasteiger partial charge on any atom is -0.313 e. The monoisotopic (exact) mass is 222 g/mol. The Morgan fingerprint density at radius 1 is 1.31 bits per heavy atom. The van der Waals surface area contributed by atoms with Gasteiger partial charge < -0.3 is 5.32 Å². The van der Waals surface area contributed by atoms with Crippen LogP contribution in [0.15, 0.2) is 12.2 Å². The van der Waals surface area contributed by atoms with Crippen molar-refractivity contribution in [3.8, 4) is 0 Å². The summed E-state index contributed by atoms with van der Waals surface area (Å²) >= 11 is 0. The zero-order valence-corrected chi connectivity index (χ0v) is 10.7. The second-order valence-corrected chi connectivity index (χ2v) is 5.40. The van der Waals surface area contributed by atoms with Crippen LogP contribution in [0.4, 0.5) is 0 Å². The molecule has 0 aromatic rings. The maximum Gasteiger partial charge on any atom is 0.0205 e. The van der Waals surface area contributed by atoms with Crippen LogP contribution in [0.5, 0.6) is 0 Å². The lowest BCUT2D eigenvalue weighted by Crippen LogP contribution is -2.44. The van der Waals surface area contributed by atoms with Gasteiger partial charge in [0.2, 0.25) is 0 Å². The van der Waals surface area contributed by atoms with Gasteiger partial charge in [-0.05, 0) is 50.3 Å². The fraction of sp³-hybridized carbons (Fsp3) is 0.857. The zero-order valence-electron chi connectivity index (χ0n) is 10.7. The average molecular weight is 222 g/mol. The minimum absolute atomic E-state index is 0.882. The van der Waals surface area contributed by atoms with Gasteiger partial charge in [-0.25, -0.2) is 0 Å². The minimum atomic E-state index is 0.882. The number of piperidine rings is 1. The molecule has 16 heavy (non-hydrogen) atoms. The molecule has 0 bridgehead atoms. The van der Waals surface area contributed by atoms with E-state index in [-0.39, 0.29) is 0 Å². The van der Waals surface area contributed by atoms with Crippen molar-refractivity contribution in [2.24, 2.45) is 5.92 Å². The summed E-state index contributed by atoms with van der Waals surface area (Å²) in [4.78, 5) is 2.70. The smallest absolute Gasteiger partial charge is 0.0205 e. The first-order valence-corrected chi connectivity index (χ1v) is 6.92. The summed E-state index contributed by atoms with van der Waals surface area (Å²) in [5.41, 5.74) is 1.36. The summed E-state index contributed by atoms with van der Waals surface area (Å²) in [6.07, 6.45) is 7.22. The number of rotatable bonds is 5. The molecule has 2 rings (SSSR count). The van der Waals surface area contributed by atoms with Crippen LogP contribution in [0, 0.1) is 5.92 Å². The highest BCUT2D eigenvalue weighted by Crippen LogP contribution is 2.36. The molecule has 0 spiro atoms. The molecule has 1 saturated heterocycles. The molecule has 0 radical (unpaired) electrons. The summed E-state index contributed by atoms with van der Waals surface area (Å²) in [6, 6.07) is 0.882. The van der Waals surface area contributed by atoms with Gasteiger partial charge in [-0.15, -0.1) is 0 Å². The summed E-state index contributed by atoms with van der Waals surface area (Å²) in [7, 11) is 0. The number of hydrogen-bond acceptors (Lipinski definition) is 2. The molecule has 2 aliphatic rings. The molecular weight excluding hydrogens is 196 g/mol. The number of nitrogens with zero attached hydrogens (tertiary/aromatic N) is 1. The van der Waals surface area contributed by atoms with Crippen LogP contribution in [0.3, 0.4) is 0 Å². The lowest BCUT2D eigenvalue weighted by Gasteiger charge is -2.38. The molecule has 2 heteroatoms. The highest BCUT2D eigenvalue weighted by molar-refractivity contribution is 5.02. The maximum atomic E-state index is 4.20. The van der Waals surface area contributed by atoms with Gasteiger partial charge in [-0.1, -0.05) is 19.9 Å². The molecule has 1 aliphatic carbocycles. The van der Waals surface area contributed by atoms with Gasteiger partial charge in [0.1, 0.15) is 0 Å². The highest BCUT2D eigenvalue weighted by atomic mass is 15.2. The predicted molar refractivity (Wildman–Crippen MR) is 69.6 cm³/mol. The Kier molecular flexibility index (Phi) is 4.42. The quantitative estimate of drug-likeness (QED) is 0.719. The number of fused-ring (bicyclic) bond motifs is 1. The Labute approximate surface area is 100 Å². The van der Waals surface area contributed by atoms with Gasteiger partial charge in [0.15, 0.2) is 0 Å². The van der Waals surface area contributed by atoms with Crippen molar-refractivity contribution < 1.29 is 0 Å². The van der Waals surface area contributed by atoms with E-state index in [0.717, 1.165) is 31.6 Å². The molecule has 92 valence electrons. The van der Waals surface area contributed by atoms with Crippen LogP contribution >= 0.6 is 0 Å². The molecule has 1 heterocycles. The van der Waals surface area contributed by atoms with E-state index < -0.39 is 0 Å². The molecule has 0 aromatic heterocycles. The largest absolute Gasteiger partial charge is 0.313 e. The van der Waals surface area contributed by atoms with Crippen molar-refractivity contribution in [2.45, 2.75) is 45.1 Å². The van der Waals surface area contributed by atoms with Gasteiger partial charge in [0.05, 0.1) is 0 Å². The Morgan fingerprint density at radius 2 is 2.12 bits per heavy atom. The van der Waals surface area contributed by atoms with Crippen molar-refractivity contribution in [1.82, 2.24) is 10.2 Å². The molecule has 0 amide bonds. The first-order chi connectivity index (χ1) is 7.81.